The van der Waals surface area contributed by atoms with Crippen LogP contribution in [0.4, 0.5) is 0 Å². The van der Waals surface area contributed by atoms with Crippen molar-refractivity contribution < 1.29 is 0 Å². The number of hydrogen-bond donors (Lipinski definition) is 1. The van der Waals surface area contributed by atoms with Crippen LogP contribution < -0.4 is 5.32 Å². The maximum atomic E-state index is 3.80. The standard InChI is InChI=1S/C19H29N/c1-3-20-19(16-12-11-14(2)13-16)18-10-5-4-9-17(18)15-7-6-8-15/h4-5,9-10,14-16,19-20H,3,6-8,11-13H2,1-2H3. The van der Waals surface area contributed by atoms with Gasteiger partial charge in [-0.15, -0.1) is 0 Å². The fourth-order valence-electron chi connectivity index (χ4n) is 4.19. The molecule has 0 radical (unpaired) electrons. The Bertz CT molecular complexity index is 435. The van der Waals surface area contributed by atoms with Crippen molar-refractivity contribution in [2.45, 2.75) is 64.3 Å². The van der Waals surface area contributed by atoms with Crippen molar-refractivity contribution in [1.82, 2.24) is 5.32 Å². The van der Waals surface area contributed by atoms with E-state index in [1.165, 1.54) is 38.5 Å². The molecule has 3 atom stereocenters. The fourth-order valence-corrected chi connectivity index (χ4v) is 4.19. The van der Waals surface area contributed by atoms with Crippen LogP contribution in [0.3, 0.4) is 0 Å². The number of benzene rings is 1. The normalized spacial score (nSPS) is 28.3. The van der Waals surface area contributed by atoms with Crippen molar-refractivity contribution in [1.29, 1.82) is 0 Å². The summed E-state index contributed by atoms with van der Waals surface area (Å²) in [4.78, 5) is 0. The van der Waals surface area contributed by atoms with Crippen LogP contribution in [-0.2, 0) is 0 Å². The van der Waals surface area contributed by atoms with Gasteiger partial charge in [0.15, 0.2) is 0 Å². The van der Waals surface area contributed by atoms with E-state index in [0.29, 0.717) is 6.04 Å². The van der Waals surface area contributed by atoms with Gasteiger partial charge >= 0.3 is 0 Å². The van der Waals surface area contributed by atoms with Crippen LogP contribution in [0, 0.1) is 11.8 Å². The van der Waals surface area contributed by atoms with Crippen molar-refractivity contribution in [2.24, 2.45) is 11.8 Å². The summed E-state index contributed by atoms with van der Waals surface area (Å²) in [7, 11) is 0. The van der Waals surface area contributed by atoms with Crippen LogP contribution >= 0.6 is 0 Å². The molecule has 0 amide bonds. The molecule has 110 valence electrons. The van der Waals surface area contributed by atoms with E-state index in [4.69, 9.17) is 0 Å². The first-order valence-electron chi connectivity index (χ1n) is 8.61. The van der Waals surface area contributed by atoms with Crippen molar-refractivity contribution >= 4 is 0 Å². The third-order valence-electron chi connectivity index (χ3n) is 5.51. The van der Waals surface area contributed by atoms with Gasteiger partial charge in [0.1, 0.15) is 0 Å². The fraction of sp³-hybridized carbons (Fsp3) is 0.684. The zero-order valence-electron chi connectivity index (χ0n) is 13.1. The summed E-state index contributed by atoms with van der Waals surface area (Å²) in [6.07, 6.45) is 8.44. The van der Waals surface area contributed by atoms with Crippen LogP contribution in [0.25, 0.3) is 0 Å². The monoisotopic (exact) mass is 271 g/mol. The van der Waals surface area contributed by atoms with E-state index < -0.39 is 0 Å². The molecular formula is C19H29N. The average molecular weight is 271 g/mol. The summed E-state index contributed by atoms with van der Waals surface area (Å²) in [6.45, 7) is 5.74. The lowest BCUT2D eigenvalue weighted by Crippen LogP contribution is -2.29. The van der Waals surface area contributed by atoms with Crippen molar-refractivity contribution in [3.05, 3.63) is 35.4 Å². The van der Waals surface area contributed by atoms with Gasteiger partial charge in [-0.05, 0) is 61.1 Å². The number of rotatable bonds is 5. The molecule has 2 aliphatic rings. The maximum Gasteiger partial charge on any atom is 0.0351 e. The number of nitrogens with one attached hydrogen (secondary N) is 1. The molecule has 1 aromatic carbocycles. The smallest absolute Gasteiger partial charge is 0.0351 e. The molecule has 0 aliphatic heterocycles. The van der Waals surface area contributed by atoms with Crippen molar-refractivity contribution in [2.75, 3.05) is 6.54 Å². The minimum atomic E-state index is 0.585. The minimum absolute atomic E-state index is 0.585. The van der Waals surface area contributed by atoms with E-state index in [1.807, 2.05) is 0 Å². The maximum absolute atomic E-state index is 3.80. The first-order valence-corrected chi connectivity index (χ1v) is 8.61. The SMILES string of the molecule is CCNC(c1ccccc1C1CCC1)C1CCC(C)C1. The van der Waals surface area contributed by atoms with Gasteiger partial charge in [-0.3, -0.25) is 0 Å². The molecule has 0 saturated heterocycles. The quantitative estimate of drug-likeness (QED) is 0.791. The van der Waals surface area contributed by atoms with Gasteiger partial charge in [-0.2, -0.15) is 0 Å². The summed E-state index contributed by atoms with van der Waals surface area (Å²) in [5, 5.41) is 3.80. The van der Waals surface area contributed by atoms with E-state index in [9.17, 15) is 0 Å². The van der Waals surface area contributed by atoms with Gasteiger partial charge in [0.05, 0.1) is 0 Å². The van der Waals surface area contributed by atoms with Gasteiger partial charge < -0.3 is 5.32 Å². The molecule has 2 fully saturated rings. The van der Waals surface area contributed by atoms with Crippen LogP contribution in [0.1, 0.15) is 75.5 Å². The molecule has 3 rings (SSSR count). The molecule has 1 heteroatoms. The third-order valence-corrected chi connectivity index (χ3v) is 5.51. The van der Waals surface area contributed by atoms with Gasteiger partial charge in [0.2, 0.25) is 0 Å². The average Bonchev–Trinajstić information content (AvgIpc) is 2.81. The highest BCUT2D eigenvalue weighted by molar-refractivity contribution is 5.34. The predicted octanol–water partition coefficient (Wildman–Crippen LogP) is 5.04. The van der Waals surface area contributed by atoms with Gasteiger partial charge in [0, 0.05) is 6.04 Å². The predicted molar refractivity (Wildman–Crippen MR) is 86.0 cm³/mol. The second kappa shape index (κ2) is 6.30. The van der Waals surface area contributed by atoms with Crippen LogP contribution in [-0.4, -0.2) is 6.54 Å². The van der Waals surface area contributed by atoms with Crippen LogP contribution in [0.2, 0.25) is 0 Å². The Morgan fingerprint density at radius 3 is 2.55 bits per heavy atom. The molecule has 1 N–H and O–H groups in total. The molecule has 0 heterocycles. The lowest BCUT2D eigenvalue weighted by molar-refractivity contribution is 0.353. The Hall–Kier alpha value is -0.820. The second-order valence-electron chi connectivity index (χ2n) is 6.97. The van der Waals surface area contributed by atoms with E-state index in [2.05, 4.69) is 43.4 Å². The minimum Gasteiger partial charge on any atom is -0.310 e. The highest BCUT2D eigenvalue weighted by atomic mass is 14.9. The number of hydrogen-bond acceptors (Lipinski definition) is 1. The van der Waals surface area contributed by atoms with E-state index in [0.717, 1.165) is 24.3 Å². The van der Waals surface area contributed by atoms with Crippen LogP contribution in [0.15, 0.2) is 24.3 Å². The Balaban J connectivity index is 1.86. The first-order chi connectivity index (χ1) is 9.79. The largest absolute Gasteiger partial charge is 0.310 e. The molecule has 2 aliphatic carbocycles. The molecule has 20 heavy (non-hydrogen) atoms. The summed E-state index contributed by atoms with van der Waals surface area (Å²) >= 11 is 0. The zero-order valence-corrected chi connectivity index (χ0v) is 13.1. The first kappa shape index (κ1) is 14.1. The molecule has 1 aromatic rings. The molecule has 2 saturated carbocycles. The van der Waals surface area contributed by atoms with E-state index in [1.54, 1.807) is 11.1 Å². The molecule has 1 nitrogen and oxygen atoms in total. The lowest BCUT2D eigenvalue weighted by atomic mass is 9.75. The Morgan fingerprint density at radius 1 is 1.15 bits per heavy atom. The van der Waals surface area contributed by atoms with Crippen LogP contribution in [0.5, 0.6) is 0 Å². The van der Waals surface area contributed by atoms with Crippen molar-refractivity contribution in [3.63, 3.8) is 0 Å². The molecule has 0 spiro atoms. The van der Waals surface area contributed by atoms with Gasteiger partial charge in [-0.1, -0.05) is 51.0 Å². The highest BCUT2D eigenvalue weighted by Crippen LogP contribution is 2.44. The van der Waals surface area contributed by atoms with E-state index >= 15 is 0 Å². The van der Waals surface area contributed by atoms with E-state index in [-0.39, 0.29) is 0 Å². The topological polar surface area (TPSA) is 12.0 Å². The Morgan fingerprint density at radius 2 is 1.95 bits per heavy atom. The highest BCUT2D eigenvalue weighted by Gasteiger charge is 2.32. The molecule has 0 aromatic heterocycles. The van der Waals surface area contributed by atoms with Gasteiger partial charge in [0.25, 0.3) is 0 Å². The summed E-state index contributed by atoms with van der Waals surface area (Å²) in [5.74, 6) is 2.59. The molecular weight excluding hydrogens is 242 g/mol. The zero-order chi connectivity index (χ0) is 13.9. The second-order valence-corrected chi connectivity index (χ2v) is 6.97. The molecule has 3 unspecified atom stereocenters. The molecule has 0 bridgehead atoms. The van der Waals surface area contributed by atoms with Crippen molar-refractivity contribution in [3.8, 4) is 0 Å². The summed E-state index contributed by atoms with van der Waals surface area (Å²) in [6, 6.07) is 9.84. The summed E-state index contributed by atoms with van der Waals surface area (Å²) in [5.41, 5.74) is 3.25. The lowest BCUT2D eigenvalue weighted by Gasteiger charge is -2.33. The Labute approximate surface area is 124 Å². The summed E-state index contributed by atoms with van der Waals surface area (Å²) < 4.78 is 0. The Kier molecular flexibility index (Phi) is 4.45. The third kappa shape index (κ3) is 2.79. The van der Waals surface area contributed by atoms with Gasteiger partial charge in [-0.25, -0.2) is 0 Å².